The summed E-state index contributed by atoms with van der Waals surface area (Å²) in [6, 6.07) is 23.2. The van der Waals surface area contributed by atoms with E-state index in [1.807, 2.05) is 69.3 Å². The summed E-state index contributed by atoms with van der Waals surface area (Å²) in [6.45, 7) is 5.68. The maximum atomic E-state index is 13.6. The minimum atomic E-state index is -0.769. The molecule has 0 saturated heterocycles. The third kappa shape index (κ3) is 8.02. The molecule has 6 nitrogen and oxygen atoms in total. The molecular weight excluding hydrogens is 476 g/mol. The molecule has 0 radical (unpaired) electrons. The van der Waals surface area contributed by atoms with Crippen molar-refractivity contribution < 1.29 is 19.1 Å². The molecule has 0 saturated carbocycles. The highest BCUT2D eigenvalue weighted by Crippen LogP contribution is 2.22. The lowest BCUT2D eigenvalue weighted by atomic mass is 10.0. The first kappa shape index (κ1) is 27.1. The summed E-state index contributed by atoms with van der Waals surface area (Å²) < 4.78 is 11.0. The van der Waals surface area contributed by atoms with Gasteiger partial charge in [0.2, 0.25) is 5.91 Å². The maximum Gasteiger partial charge on any atom is 0.261 e. The summed E-state index contributed by atoms with van der Waals surface area (Å²) in [5, 5.41) is 3.57. The molecule has 3 aromatic carbocycles. The highest BCUT2D eigenvalue weighted by Gasteiger charge is 2.32. The van der Waals surface area contributed by atoms with Gasteiger partial charge in [0.1, 0.15) is 17.5 Å². The molecule has 3 aromatic rings. The Morgan fingerprint density at radius 3 is 2.14 bits per heavy atom. The number of methoxy groups -OCH3 is 1. The van der Waals surface area contributed by atoms with E-state index in [1.54, 1.807) is 42.3 Å². The highest BCUT2D eigenvalue weighted by molar-refractivity contribution is 6.31. The van der Waals surface area contributed by atoms with Crippen LogP contribution in [0, 0.1) is 0 Å². The quantitative estimate of drug-likeness (QED) is 0.404. The number of carbonyl (C=O) groups is 2. The summed E-state index contributed by atoms with van der Waals surface area (Å²) in [4.78, 5) is 28.7. The molecule has 1 unspecified atom stereocenters. The lowest BCUT2D eigenvalue weighted by molar-refractivity contribution is -0.143. The van der Waals surface area contributed by atoms with Crippen LogP contribution in [0.1, 0.15) is 31.9 Å². The van der Waals surface area contributed by atoms with Gasteiger partial charge in [-0.05, 0) is 62.2 Å². The molecule has 0 spiro atoms. The Labute approximate surface area is 218 Å². The smallest absolute Gasteiger partial charge is 0.261 e. The fourth-order valence-corrected chi connectivity index (χ4v) is 3.91. The number of benzene rings is 3. The molecule has 0 heterocycles. The van der Waals surface area contributed by atoms with Gasteiger partial charge in [0.15, 0.2) is 6.61 Å². The van der Waals surface area contributed by atoms with E-state index in [9.17, 15) is 9.59 Å². The van der Waals surface area contributed by atoms with Crippen LogP contribution in [0.4, 0.5) is 0 Å². The van der Waals surface area contributed by atoms with E-state index in [1.165, 1.54) is 0 Å². The summed E-state index contributed by atoms with van der Waals surface area (Å²) >= 11 is 6.44. The molecule has 1 atom stereocenters. The van der Waals surface area contributed by atoms with E-state index in [2.05, 4.69) is 5.32 Å². The number of halogens is 1. The molecule has 0 bridgehead atoms. The van der Waals surface area contributed by atoms with Crippen molar-refractivity contribution in [1.82, 2.24) is 10.2 Å². The number of ether oxygens (including phenoxy) is 2. The topological polar surface area (TPSA) is 67.9 Å². The van der Waals surface area contributed by atoms with Gasteiger partial charge in [-0.15, -0.1) is 0 Å². The molecule has 3 rings (SSSR count). The average molecular weight is 509 g/mol. The number of hydrogen-bond donors (Lipinski definition) is 1. The number of amides is 2. The van der Waals surface area contributed by atoms with Crippen LogP contribution in [-0.2, 0) is 22.6 Å². The second kappa shape index (κ2) is 12.5. The molecule has 1 N–H and O–H groups in total. The van der Waals surface area contributed by atoms with E-state index in [0.717, 1.165) is 11.1 Å². The van der Waals surface area contributed by atoms with Gasteiger partial charge in [-0.2, -0.15) is 0 Å². The lowest BCUT2D eigenvalue weighted by Crippen LogP contribution is -2.55. The molecule has 190 valence electrons. The van der Waals surface area contributed by atoms with Gasteiger partial charge in [0.05, 0.1) is 7.11 Å². The van der Waals surface area contributed by atoms with Crippen molar-refractivity contribution >= 4 is 23.4 Å². The summed E-state index contributed by atoms with van der Waals surface area (Å²) in [7, 11) is 1.58. The lowest BCUT2D eigenvalue weighted by Gasteiger charge is -2.34. The number of hydrogen-bond acceptors (Lipinski definition) is 4. The van der Waals surface area contributed by atoms with E-state index < -0.39 is 11.6 Å². The molecule has 0 aliphatic heterocycles. The number of nitrogens with zero attached hydrogens (tertiary/aromatic N) is 1. The van der Waals surface area contributed by atoms with Crippen LogP contribution in [0.3, 0.4) is 0 Å². The standard InChI is InChI=1S/C29H33ClN2O4/c1-29(2,3)31-28(34)26(18-21-10-6-5-7-11-21)32(19-22-12-8-9-13-25(22)30)27(33)20-36-24-16-14-23(35-4)15-17-24/h5-17,26H,18-20H2,1-4H3,(H,31,34). The fourth-order valence-electron chi connectivity index (χ4n) is 3.72. The first-order valence-corrected chi connectivity index (χ1v) is 12.2. The summed E-state index contributed by atoms with van der Waals surface area (Å²) in [5.74, 6) is 0.656. The molecule has 36 heavy (non-hydrogen) atoms. The Bertz CT molecular complexity index is 1140. The third-order valence-corrected chi connectivity index (χ3v) is 5.86. The molecule has 0 aliphatic rings. The molecule has 7 heteroatoms. The number of rotatable bonds is 10. The zero-order chi connectivity index (χ0) is 26.1. The normalized spacial score (nSPS) is 11.9. The Morgan fingerprint density at radius 2 is 1.53 bits per heavy atom. The zero-order valence-corrected chi connectivity index (χ0v) is 21.9. The van der Waals surface area contributed by atoms with Gasteiger partial charge in [0.25, 0.3) is 5.91 Å². The molecule has 0 aromatic heterocycles. The van der Waals surface area contributed by atoms with Crippen LogP contribution in [0.2, 0.25) is 5.02 Å². The van der Waals surface area contributed by atoms with Gasteiger partial charge in [0, 0.05) is 23.5 Å². The largest absolute Gasteiger partial charge is 0.497 e. The van der Waals surface area contributed by atoms with Gasteiger partial charge < -0.3 is 19.7 Å². The summed E-state index contributed by atoms with van der Waals surface area (Å²) in [6.07, 6.45) is 0.349. The van der Waals surface area contributed by atoms with Crippen molar-refractivity contribution in [3.8, 4) is 11.5 Å². The van der Waals surface area contributed by atoms with Crippen LogP contribution in [-0.4, -0.2) is 42.0 Å². The first-order valence-electron chi connectivity index (χ1n) is 11.8. The Morgan fingerprint density at radius 1 is 0.917 bits per heavy atom. The van der Waals surface area contributed by atoms with E-state index >= 15 is 0 Å². The Hall–Kier alpha value is -3.51. The number of nitrogens with one attached hydrogen (secondary N) is 1. The third-order valence-electron chi connectivity index (χ3n) is 5.49. The van der Waals surface area contributed by atoms with Crippen molar-refractivity contribution in [3.05, 3.63) is 95.0 Å². The predicted octanol–water partition coefficient (Wildman–Crippen LogP) is 5.28. The fraction of sp³-hybridized carbons (Fsp3) is 0.310. The Balaban J connectivity index is 1.92. The van der Waals surface area contributed by atoms with Crippen molar-refractivity contribution in [3.63, 3.8) is 0 Å². The van der Waals surface area contributed by atoms with Crippen LogP contribution < -0.4 is 14.8 Å². The highest BCUT2D eigenvalue weighted by atomic mass is 35.5. The van der Waals surface area contributed by atoms with Gasteiger partial charge in [-0.25, -0.2) is 0 Å². The average Bonchev–Trinajstić information content (AvgIpc) is 2.85. The first-order chi connectivity index (χ1) is 17.2. The Kier molecular flexibility index (Phi) is 9.37. The van der Waals surface area contributed by atoms with Crippen molar-refractivity contribution in [2.24, 2.45) is 0 Å². The molecular formula is C29H33ClN2O4. The second-order valence-electron chi connectivity index (χ2n) is 9.52. The predicted molar refractivity (Wildman–Crippen MR) is 142 cm³/mol. The van der Waals surface area contributed by atoms with Crippen LogP contribution in [0.5, 0.6) is 11.5 Å². The molecule has 0 aliphatic carbocycles. The van der Waals surface area contributed by atoms with Crippen LogP contribution >= 0.6 is 11.6 Å². The monoisotopic (exact) mass is 508 g/mol. The second-order valence-corrected chi connectivity index (χ2v) is 9.93. The van der Waals surface area contributed by atoms with E-state index in [4.69, 9.17) is 21.1 Å². The molecule has 0 fully saturated rings. The molecule has 2 amide bonds. The summed E-state index contributed by atoms with van der Waals surface area (Å²) in [5.41, 5.74) is 1.23. The van der Waals surface area contributed by atoms with E-state index in [-0.39, 0.29) is 25.0 Å². The number of carbonyl (C=O) groups excluding carboxylic acids is 2. The van der Waals surface area contributed by atoms with Gasteiger partial charge >= 0.3 is 0 Å². The van der Waals surface area contributed by atoms with Crippen LogP contribution in [0.25, 0.3) is 0 Å². The van der Waals surface area contributed by atoms with Crippen molar-refractivity contribution in [1.29, 1.82) is 0 Å². The maximum absolute atomic E-state index is 13.6. The van der Waals surface area contributed by atoms with Gasteiger partial charge in [-0.1, -0.05) is 60.1 Å². The van der Waals surface area contributed by atoms with Crippen LogP contribution in [0.15, 0.2) is 78.9 Å². The van der Waals surface area contributed by atoms with E-state index in [0.29, 0.717) is 22.9 Å². The van der Waals surface area contributed by atoms with Gasteiger partial charge in [-0.3, -0.25) is 9.59 Å². The van der Waals surface area contributed by atoms with Crippen molar-refractivity contribution in [2.75, 3.05) is 13.7 Å². The van der Waals surface area contributed by atoms with Crippen molar-refractivity contribution in [2.45, 2.75) is 45.3 Å². The minimum Gasteiger partial charge on any atom is -0.497 e. The minimum absolute atomic E-state index is 0.166. The SMILES string of the molecule is COc1ccc(OCC(=O)N(Cc2ccccc2Cl)C(Cc2ccccc2)C(=O)NC(C)(C)C)cc1. The zero-order valence-electron chi connectivity index (χ0n) is 21.2.